The normalized spacial score (nSPS) is 17.1. The second-order valence-electron chi connectivity index (χ2n) is 4.19. The maximum atomic E-state index is 13.8. The van der Waals surface area contributed by atoms with E-state index < -0.39 is 17.6 Å². The van der Waals surface area contributed by atoms with Crippen LogP contribution in [0.25, 0.3) is 6.08 Å². The zero-order valence-electron chi connectivity index (χ0n) is 10.7. The quantitative estimate of drug-likeness (QED) is 0.271. The molecular formula is C14H10FIN2O2S. The molecule has 1 heterocycles. The van der Waals surface area contributed by atoms with Crippen LogP contribution in [-0.2, 0) is 9.59 Å². The first-order chi connectivity index (χ1) is 9.93. The van der Waals surface area contributed by atoms with E-state index in [4.69, 9.17) is 12.2 Å². The van der Waals surface area contributed by atoms with E-state index in [0.29, 0.717) is 0 Å². The number of amides is 2. The van der Waals surface area contributed by atoms with Gasteiger partial charge in [0, 0.05) is 15.7 Å². The fourth-order valence-electron chi connectivity index (χ4n) is 1.77. The zero-order valence-corrected chi connectivity index (χ0v) is 13.7. The number of rotatable bonds is 3. The number of hydrogen-bond acceptors (Lipinski definition) is 3. The summed E-state index contributed by atoms with van der Waals surface area (Å²) in [7, 11) is 0. The minimum atomic E-state index is -0.636. The molecule has 0 aliphatic carbocycles. The van der Waals surface area contributed by atoms with E-state index in [1.807, 2.05) is 22.6 Å². The van der Waals surface area contributed by atoms with Gasteiger partial charge in [0.2, 0.25) is 0 Å². The summed E-state index contributed by atoms with van der Waals surface area (Å²) in [6.07, 6.45) is 2.72. The lowest BCUT2D eigenvalue weighted by Gasteiger charge is -2.27. The number of hydrogen-bond donors (Lipinski definition) is 1. The Hall–Kier alpha value is -1.61. The van der Waals surface area contributed by atoms with Gasteiger partial charge < -0.3 is 0 Å². The fourth-order valence-corrected chi connectivity index (χ4v) is 2.54. The Balaban J connectivity index is 2.45. The van der Waals surface area contributed by atoms with Crippen LogP contribution in [0.5, 0.6) is 0 Å². The molecule has 2 rings (SSSR count). The molecule has 0 saturated carbocycles. The smallest absolute Gasteiger partial charge is 0.265 e. The lowest BCUT2D eigenvalue weighted by molar-refractivity contribution is -0.128. The van der Waals surface area contributed by atoms with Crippen LogP contribution in [0.3, 0.4) is 0 Å². The first-order valence-corrected chi connectivity index (χ1v) is 7.37. The van der Waals surface area contributed by atoms with Crippen LogP contribution in [-0.4, -0.2) is 28.4 Å². The third-order valence-electron chi connectivity index (χ3n) is 2.76. The number of carbonyl (C=O) groups excluding carboxylic acids is 2. The summed E-state index contributed by atoms with van der Waals surface area (Å²) in [6.45, 7) is 3.70. The van der Waals surface area contributed by atoms with Crippen LogP contribution in [0.2, 0.25) is 0 Å². The Morgan fingerprint density at radius 3 is 2.81 bits per heavy atom. The summed E-state index contributed by atoms with van der Waals surface area (Å²) in [6, 6.07) is 4.43. The minimum absolute atomic E-state index is 0.0187. The number of nitrogens with one attached hydrogen (secondary N) is 1. The number of thiocarbonyl (C=S) groups is 1. The predicted molar refractivity (Wildman–Crippen MR) is 89.7 cm³/mol. The van der Waals surface area contributed by atoms with Crippen molar-refractivity contribution in [3.8, 4) is 0 Å². The second kappa shape index (κ2) is 6.44. The molecule has 0 spiro atoms. The van der Waals surface area contributed by atoms with Gasteiger partial charge in [0.15, 0.2) is 5.11 Å². The molecule has 1 N–H and O–H groups in total. The van der Waals surface area contributed by atoms with E-state index in [9.17, 15) is 14.0 Å². The molecule has 108 valence electrons. The molecule has 1 saturated heterocycles. The first-order valence-electron chi connectivity index (χ1n) is 5.89. The zero-order chi connectivity index (χ0) is 15.6. The van der Waals surface area contributed by atoms with Crippen molar-refractivity contribution in [2.24, 2.45) is 0 Å². The Kier molecular flexibility index (Phi) is 4.84. The summed E-state index contributed by atoms with van der Waals surface area (Å²) in [4.78, 5) is 25.4. The molecule has 0 aromatic heterocycles. The van der Waals surface area contributed by atoms with Gasteiger partial charge in [0.25, 0.3) is 11.8 Å². The van der Waals surface area contributed by atoms with Crippen LogP contribution < -0.4 is 5.32 Å². The molecular weight excluding hydrogens is 406 g/mol. The molecule has 1 aromatic carbocycles. The molecule has 1 aliphatic rings. The number of benzene rings is 1. The molecule has 21 heavy (non-hydrogen) atoms. The van der Waals surface area contributed by atoms with Gasteiger partial charge in [-0.05, 0) is 59.1 Å². The highest BCUT2D eigenvalue weighted by atomic mass is 127. The number of nitrogens with zero attached hydrogens (tertiary/aromatic N) is 1. The van der Waals surface area contributed by atoms with Crippen LogP contribution in [0.15, 0.2) is 36.4 Å². The van der Waals surface area contributed by atoms with Gasteiger partial charge in [-0.25, -0.2) is 4.39 Å². The van der Waals surface area contributed by atoms with Gasteiger partial charge in [0.1, 0.15) is 11.4 Å². The Morgan fingerprint density at radius 2 is 2.14 bits per heavy atom. The van der Waals surface area contributed by atoms with Gasteiger partial charge >= 0.3 is 0 Å². The molecule has 7 heteroatoms. The molecule has 0 unspecified atom stereocenters. The Morgan fingerprint density at radius 1 is 1.43 bits per heavy atom. The highest BCUT2D eigenvalue weighted by Gasteiger charge is 2.32. The fraction of sp³-hybridized carbons (Fsp3) is 0.0714. The topological polar surface area (TPSA) is 49.4 Å². The van der Waals surface area contributed by atoms with Gasteiger partial charge in [0.05, 0.1) is 0 Å². The van der Waals surface area contributed by atoms with Gasteiger partial charge in [-0.15, -0.1) is 6.58 Å². The van der Waals surface area contributed by atoms with Crippen molar-refractivity contribution < 1.29 is 14.0 Å². The predicted octanol–water partition coefficient (Wildman–Crippen LogP) is 2.24. The van der Waals surface area contributed by atoms with Crippen molar-refractivity contribution in [3.05, 3.63) is 51.4 Å². The Bertz CT molecular complexity index is 688. The summed E-state index contributed by atoms with van der Waals surface area (Å²) in [5.41, 5.74) is 0.0121. The minimum Gasteiger partial charge on any atom is -0.298 e. The molecule has 1 aromatic rings. The standard InChI is InChI=1S/C14H10FIN2O2S/c1-2-5-18-13(20)10(12(19)17-14(18)21)7-8-6-9(16)3-4-11(8)15/h2-4,6-7H,1,5H2,(H,17,19,21)/b10-7+. The molecule has 1 fully saturated rings. The van der Waals surface area contributed by atoms with Crippen LogP contribution in [0.4, 0.5) is 4.39 Å². The van der Waals surface area contributed by atoms with E-state index in [0.717, 1.165) is 3.57 Å². The summed E-state index contributed by atoms with van der Waals surface area (Å²) in [5.74, 6) is -1.71. The first kappa shape index (κ1) is 15.8. The van der Waals surface area contributed by atoms with Crippen molar-refractivity contribution in [1.82, 2.24) is 10.2 Å². The lowest BCUT2D eigenvalue weighted by atomic mass is 10.1. The molecule has 2 amide bonds. The monoisotopic (exact) mass is 416 g/mol. The largest absolute Gasteiger partial charge is 0.298 e. The molecule has 0 atom stereocenters. The van der Waals surface area contributed by atoms with E-state index in [1.165, 1.54) is 23.1 Å². The third-order valence-corrected chi connectivity index (χ3v) is 3.75. The molecule has 4 nitrogen and oxygen atoms in total. The Labute approximate surface area is 139 Å². The average molecular weight is 416 g/mol. The molecule has 0 bridgehead atoms. The van der Waals surface area contributed by atoms with Crippen LogP contribution in [0, 0.1) is 9.39 Å². The average Bonchev–Trinajstić information content (AvgIpc) is 2.43. The van der Waals surface area contributed by atoms with E-state index in [-0.39, 0.29) is 22.8 Å². The number of carbonyl (C=O) groups is 2. The third kappa shape index (κ3) is 3.35. The molecule has 1 aliphatic heterocycles. The summed E-state index contributed by atoms with van der Waals surface area (Å²) < 4.78 is 14.5. The maximum Gasteiger partial charge on any atom is 0.265 e. The van der Waals surface area contributed by atoms with Crippen molar-refractivity contribution in [2.75, 3.05) is 6.54 Å². The van der Waals surface area contributed by atoms with E-state index in [1.54, 1.807) is 12.1 Å². The van der Waals surface area contributed by atoms with Crippen molar-refractivity contribution >= 4 is 57.8 Å². The SMILES string of the molecule is C=CCN1C(=O)/C(=C/c2cc(I)ccc2F)C(=O)NC1=S. The maximum absolute atomic E-state index is 13.8. The second-order valence-corrected chi connectivity index (χ2v) is 5.82. The van der Waals surface area contributed by atoms with Crippen molar-refractivity contribution in [2.45, 2.75) is 0 Å². The lowest BCUT2D eigenvalue weighted by Crippen LogP contribution is -2.53. The summed E-state index contributed by atoms with van der Waals surface area (Å²) >= 11 is 6.96. The summed E-state index contributed by atoms with van der Waals surface area (Å²) in [5, 5.41) is 2.42. The van der Waals surface area contributed by atoms with Crippen molar-refractivity contribution in [1.29, 1.82) is 0 Å². The van der Waals surface area contributed by atoms with Crippen molar-refractivity contribution in [3.63, 3.8) is 0 Å². The van der Waals surface area contributed by atoms with Crippen LogP contribution in [0.1, 0.15) is 5.56 Å². The highest BCUT2D eigenvalue weighted by molar-refractivity contribution is 14.1. The molecule has 0 radical (unpaired) electrons. The van der Waals surface area contributed by atoms with Gasteiger partial charge in [-0.1, -0.05) is 6.08 Å². The van der Waals surface area contributed by atoms with Gasteiger partial charge in [-0.2, -0.15) is 0 Å². The van der Waals surface area contributed by atoms with E-state index >= 15 is 0 Å². The highest BCUT2D eigenvalue weighted by Crippen LogP contribution is 2.19. The van der Waals surface area contributed by atoms with E-state index in [2.05, 4.69) is 11.9 Å². The van der Waals surface area contributed by atoms with Crippen LogP contribution >= 0.6 is 34.8 Å². The number of halogens is 2. The van der Waals surface area contributed by atoms with Gasteiger partial charge in [-0.3, -0.25) is 19.8 Å².